The fraction of sp³-hybridized carbons (Fsp3) is 0. The average molecular weight is 380 g/mol. The summed E-state index contributed by atoms with van der Waals surface area (Å²) in [4.78, 5) is 17.3. The van der Waals surface area contributed by atoms with Crippen molar-refractivity contribution in [2.45, 2.75) is 0 Å². The van der Waals surface area contributed by atoms with Crippen LogP contribution >= 0.6 is 23.4 Å². The second kappa shape index (κ2) is 7.23. The molecule has 1 amide bonds. The van der Waals surface area contributed by atoms with E-state index in [1.54, 1.807) is 12.1 Å². The molecule has 128 valence electrons. The van der Waals surface area contributed by atoms with Gasteiger partial charge in [-0.3, -0.25) is 4.79 Å². The van der Waals surface area contributed by atoms with Gasteiger partial charge < -0.3 is 9.88 Å². The van der Waals surface area contributed by atoms with Crippen LogP contribution in [0.1, 0.15) is 5.69 Å². The molecule has 1 aromatic heterocycles. The lowest BCUT2D eigenvalue weighted by molar-refractivity contribution is -0.115. The molecule has 1 aliphatic heterocycles. The van der Waals surface area contributed by atoms with Gasteiger partial charge in [0.2, 0.25) is 0 Å². The van der Waals surface area contributed by atoms with Gasteiger partial charge in [0.25, 0.3) is 5.91 Å². The molecule has 0 saturated carbocycles. The maximum Gasteiger partial charge on any atom is 0.264 e. The Bertz CT molecular complexity index is 1020. The number of para-hydroxylation sites is 1. The number of hydrogen-bond donors (Lipinski definition) is 1. The molecular formula is C20H14ClN3OS. The number of hydrogen-bond acceptors (Lipinski definition) is 3. The summed E-state index contributed by atoms with van der Waals surface area (Å²) in [5.74, 6) is -0.156. The Morgan fingerprint density at radius 3 is 2.69 bits per heavy atom. The van der Waals surface area contributed by atoms with Gasteiger partial charge in [0, 0.05) is 22.6 Å². The number of aliphatic imine (C=N–C) groups is 1. The predicted octanol–water partition coefficient (Wildman–Crippen LogP) is 5.02. The average Bonchev–Trinajstić information content (AvgIpc) is 3.23. The summed E-state index contributed by atoms with van der Waals surface area (Å²) in [6.07, 6.45) is 3.84. The summed E-state index contributed by atoms with van der Waals surface area (Å²) in [6.45, 7) is 0. The monoisotopic (exact) mass is 379 g/mol. The smallest absolute Gasteiger partial charge is 0.264 e. The van der Waals surface area contributed by atoms with Crippen LogP contribution in [0.25, 0.3) is 11.8 Å². The zero-order valence-corrected chi connectivity index (χ0v) is 15.2. The molecule has 2 aromatic carbocycles. The van der Waals surface area contributed by atoms with Crippen molar-refractivity contribution < 1.29 is 4.79 Å². The number of amidine groups is 1. The third-order valence-corrected chi connectivity index (χ3v) is 4.93. The second-order valence-electron chi connectivity index (χ2n) is 5.60. The minimum absolute atomic E-state index is 0.156. The van der Waals surface area contributed by atoms with Gasteiger partial charge in [0.1, 0.15) is 0 Å². The van der Waals surface area contributed by atoms with Crippen molar-refractivity contribution in [2.75, 3.05) is 0 Å². The van der Waals surface area contributed by atoms with Crippen LogP contribution in [0.15, 0.2) is 82.8 Å². The van der Waals surface area contributed by atoms with Crippen molar-refractivity contribution in [1.82, 2.24) is 9.88 Å². The first-order valence-corrected chi connectivity index (χ1v) is 9.16. The van der Waals surface area contributed by atoms with Crippen LogP contribution in [-0.4, -0.2) is 15.6 Å². The van der Waals surface area contributed by atoms with Crippen molar-refractivity contribution >= 4 is 46.2 Å². The summed E-state index contributed by atoms with van der Waals surface area (Å²) in [5.41, 5.74) is 2.67. The number of rotatable bonds is 3. The van der Waals surface area contributed by atoms with Crippen molar-refractivity contribution in [3.05, 3.63) is 88.5 Å². The SMILES string of the molecule is O=C1NC(=Nc2cccc(Cl)c2)S/C1=C\c1cccn1-c1ccccc1. The molecule has 1 aliphatic rings. The number of amides is 1. The molecule has 1 fully saturated rings. The predicted molar refractivity (Wildman–Crippen MR) is 108 cm³/mol. The van der Waals surface area contributed by atoms with Crippen LogP contribution in [0.4, 0.5) is 5.69 Å². The lowest BCUT2D eigenvalue weighted by Gasteiger charge is -2.06. The number of halogens is 1. The second-order valence-corrected chi connectivity index (χ2v) is 7.07. The van der Waals surface area contributed by atoms with E-state index >= 15 is 0 Å². The minimum atomic E-state index is -0.156. The summed E-state index contributed by atoms with van der Waals surface area (Å²) in [6, 6.07) is 21.1. The highest BCUT2D eigenvalue weighted by molar-refractivity contribution is 8.18. The maximum atomic E-state index is 12.3. The van der Waals surface area contributed by atoms with E-state index in [1.165, 1.54) is 11.8 Å². The quantitative estimate of drug-likeness (QED) is 0.649. The molecule has 0 spiro atoms. The van der Waals surface area contributed by atoms with Gasteiger partial charge in [-0.25, -0.2) is 4.99 Å². The molecule has 26 heavy (non-hydrogen) atoms. The topological polar surface area (TPSA) is 46.4 Å². The first kappa shape index (κ1) is 16.7. The highest BCUT2D eigenvalue weighted by Gasteiger charge is 2.24. The molecule has 1 N–H and O–H groups in total. The zero-order valence-electron chi connectivity index (χ0n) is 13.6. The van der Waals surface area contributed by atoms with Crippen LogP contribution < -0.4 is 5.32 Å². The fourth-order valence-electron chi connectivity index (χ4n) is 2.61. The van der Waals surface area contributed by atoms with Crippen LogP contribution in [0.2, 0.25) is 5.02 Å². The van der Waals surface area contributed by atoms with Gasteiger partial charge in [0.05, 0.1) is 10.6 Å². The highest BCUT2D eigenvalue weighted by atomic mass is 35.5. The summed E-state index contributed by atoms with van der Waals surface area (Å²) >= 11 is 7.30. The summed E-state index contributed by atoms with van der Waals surface area (Å²) < 4.78 is 2.03. The molecule has 0 bridgehead atoms. The Kier molecular flexibility index (Phi) is 4.65. The number of nitrogens with zero attached hydrogens (tertiary/aromatic N) is 2. The molecule has 0 aliphatic carbocycles. The normalized spacial score (nSPS) is 17.0. The highest BCUT2D eigenvalue weighted by Crippen LogP contribution is 2.29. The Hall–Kier alpha value is -2.76. The molecule has 6 heteroatoms. The van der Waals surface area contributed by atoms with Gasteiger partial charge in [0.15, 0.2) is 5.17 Å². The molecule has 4 rings (SSSR count). The van der Waals surface area contributed by atoms with Crippen LogP contribution in [0.3, 0.4) is 0 Å². The molecule has 2 heterocycles. The molecule has 3 aromatic rings. The number of thioether (sulfide) groups is 1. The van der Waals surface area contributed by atoms with E-state index in [1.807, 2.05) is 71.4 Å². The third kappa shape index (κ3) is 3.59. The van der Waals surface area contributed by atoms with Crippen molar-refractivity contribution in [2.24, 2.45) is 4.99 Å². The van der Waals surface area contributed by atoms with Gasteiger partial charge in [-0.15, -0.1) is 0 Å². The van der Waals surface area contributed by atoms with Gasteiger partial charge in [-0.05, 0) is 60.3 Å². The maximum absolute atomic E-state index is 12.3. The minimum Gasteiger partial charge on any atom is -0.317 e. The third-order valence-electron chi connectivity index (χ3n) is 3.78. The Morgan fingerprint density at radius 1 is 1.04 bits per heavy atom. The van der Waals surface area contributed by atoms with Crippen LogP contribution in [-0.2, 0) is 4.79 Å². The van der Waals surface area contributed by atoms with E-state index in [2.05, 4.69) is 10.3 Å². The van der Waals surface area contributed by atoms with E-state index in [4.69, 9.17) is 11.6 Å². The van der Waals surface area contributed by atoms with Gasteiger partial charge in [-0.2, -0.15) is 0 Å². The van der Waals surface area contributed by atoms with E-state index < -0.39 is 0 Å². The fourth-order valence-corrected chi connectivity index (χ4v) is 3.62. The van der Waals surface area contributed by atoms with Crippen LogP contribution in [0.5, 0.6) is 0 Å². The molecule has 0 unspecified atom stereocenters. The number of aromatic nitrogens is 1. The van der Waals surface area contributed by atoms with Gasteiger partial charge in [-0.1, -0.05) is 35.9 Å². The Balaban J connectivity index is 1.62. The largest absolute Gasteiger partial charge is 0.317 e. The number of carbonyl (C=O) groups is 1. The van der Waals surface area contributed by atoms with Gasteiger partial charge >= 0.3 is 0 Å². The lowest BCUT2D eigenvalue weighted by atomic mass is 10.3. The number of benzene rings is 2. The van der Waals surface area contributed by atoms with E-state index in [9.17, 15) is 4.79 Å². The van der Waals surface area contributed by atoms with Crippen LogP contribution in [0, 0.1) is 0 Å². The number of nitrogens with one attached hydrogen (secondary N) is 1. The Morgan fingerprint density at radius 2 is 1.88 bits per heavy atom. The molecule has 0 atom stereocenters. The Labute approximate surface area is 160 Å². The van der Waals surface area contributed by atoms with E-state index in [-0.39, 0.29) is 5.91 Å². The molecule has 1 saturated heterocycles. The van der Waals surface area contributed by atoms with E-state index in [0.29, 0.717) is 20.8 Å². The van der Waals surface area contributed by atoms with Crippen molar-refractivity contribution in [3.8, 4) is 5.69 Å². The van der Waals surface area contributed by atoms with Crippen molar-refractivity contribution in [1.29, 1.82) is 0 Å². The molecule has 0 radical (unpaired) electrons. The lowest BCUT2D eigenvalue weighted by Crippen LogP contribution is -2.19. The summed E-state index contributed by atoms with van der Waals surface area (Å²) in [7, 11) is 0. The zero-order chi connectivity index (χ0) is 17.9. The standard InChI is InChI=1S/C20H14ClN3OS/c21-14-6-4-7-15(12-14)22-20-23-19(25)18(26-20)13-17-10-5-11-24(17)16-8-2-1-3-9-16/h1-13H,(H,22,23,25)/b18-13-. The molecule has 4 nitrogen and oxygen atoms in total. The first-order chi connectivity index (χ1) is 12.7. The van der Waals surface area contributed by atoms with E-state index in [0.717, 1.165) is 11.4 Å². The first-order valence-electron chi connectivity index (χ1n) is 7.97. The molecular weight excluding hydrogens is 366 g/mol. The summed E-state index contributed by atoms with van der Waals surface area (Å²) in [5, 5.41) is 3.95. The number of carbonyl (C=O) groups excluding carboxylic acids is 1. The van der Waals surface area contributed by atoms with Crippen molar-refractivity contribution in [3.63, 3.8) is 0 Å².